The van der Waals surface area contributed by atoms with Crippen molar-refractivity contribution in [2.24, 2.45) is 0 Å². The molecule has 3 heteroatoms. The van der Waals surface area contributed by atoms with E-state index in [1.54, 1.807) is 31.2 Å². The van der Waals surface area contributed by atoms with Gasteiger partial charge in [-0.05, 0) is 41.8 Å². The summed E-state index contributed by atoms with van der Waals surface area (Å²) in [5.41, 5.74) is 1.68. The lowest BCUT2D eigenvalue weighted by atomic mass is 10.0. The third-order valence-electron chi connectivity index (χ3n) is 2.59. The largest absolute Gasteiger partial charge is 0.207 e. The Balaban J connectivity index is 2.50. The van der Waals surface area contributed by atoms with Gasteiger partial charge in [0.05, 0.1) is 5.56 Å². The second-order valence-electron chi connectivity index (χ2n) is 3.77. The number of benzene rings is 2. The number of aryl methyl sites for hydroxylation is 1. The highest BCUT2D eigenvalue weighted by atomic mass is 19.1. The summed E-state index contributed by atoms with van der Waals surface area (Å²) in [6.07, 6.45) is 0. The number of hydrogen-bond acceptors (Lipinski definition) is 1. The molecule has 0 amide bonds. The Bertz CT molecular complexity index is 612. The van der Waals surface area contributed by atoms with Gasteiger partial charge in [0.2, 0.25) is 0 Å². The first-order valence-corrected chi connectivity index (χ1v) is 5.08. The number of hydrogen-bond donors (Lipinski definition) is 0. The first-order valence-electron chi connectivity index (χ1n) is 5.08. The van der Waals surface area contributed by atoms with Crippen LogP contribution in [0.5, 0.6) is 0 Å². The van der Waals surface area contributed by atoms with E-state index in [0.29, 0.717) is 16.7 Å². The first-order chi connectivity index (χ1) is 8.11. The van der Waals surface area contributed by atoms with Gasteiger partial charge in [-0.1, -0.05) is 18.2 Å². The van der Waals surface area contributed by atoms with E-state index in [9.17, 15) is 8.78 Å². The second kappa shape index (κ2) is 4.34. The van der Waals surface area contributed by atoms with Gasteiger partial charge in [0.15, 0.2) is 0 Å². The molecule has 0 bridgehead atoms. The highest BCUT2D eigenvalue weighted by molar-refractivity contribution is 5.64. The first kappa shape index (κ1) is 11.3. The van der Waals surface area contributed by atoms with Gasteiger partial charge in [-0.15, -0.1) is 0 Å². The average molecular weight is 229 g/mol. The molecular weight excluding hydrogens is 220 g/mol. The van der Waals surface area contributed by atoms with Crippen molar-refractivity contribution in [2.45, 2.75) is 6.92 Å². The third kappa shape index (κ3) is 2.16. The van der Waals surface area contributed by atoms with Crippen molar-refractivity contribution < 1.29 is 8.78 Å². The SMILES string of the molecule is Cc1ccc(-c2ccc(C#N)c(F)c2)cc1F. The fourth-order valence-electron chi connectivity index (χ4n) is 1.56. The van der Waals surface area contributed by atoms with Crippen LogP contribution in [-0.4, -0.2) is 0 Å². The molecule has 0 atom stereocenters. The van der Waals surface area contributed by atoms with Gasteiger partial charge in [-0.25, -0.2) is 8.78 Å². The van der Waals surface area contributed by atoms with Crippen LogP contribution in [-0.2, 0) is 0 Å². The smallest absolute Gasteiger partial charge is 0.141 e. The second-order valence-corrected chi connectivity index (χ2v) is 3.77. The molecule has 0 fully saturated rings. The zero-order chi connectivity index (χ0) is 12.4. The van der Waals surface area contributed by atoms with Crippen molar-refractivity contribution in [2.75, 3.05) is 0 Å². The minimum atomic E-state index is -0.592. The molecule has 84 valence electrons. The van der Waals surface area contributed by atoms with E-state index in [-0.39, 0.29) is 11.4 Å². The van der Waals surface area contributed by atoms with Gasteiger partial charge in [0.1, 0.15) is 17.7 Å². The molecule has 0 aromatic heterocycles. The zero-order valence-corrected chi connectivity index (χ0v) is 9.17. The lowest BCUT2D eigenvalue weighted by molar-refractivity contribution is 0.618. The van der Waals surface area contributed by atoms with Crippen molar-refractivity contribution in [1.82, 2.24) is 0 Å². The molecule has 0 N–H and O–H groups in total. The number of rotatable bonds is 1. The van der Waals surface area contributed by atoms with Gasteiger partial charge in [-0.2, -0.15) is 5.26 Å². The standard InChI is InChI=1S/C14H9F2N/c1-9-2-3-10(6-13(9)15)11-4-5-12(8-17)14(16)7-11/h2-7H,1H3. The number of halogens is 2. The lowest BCUT2D eigenvalue weighted by Crippen LogP contribution is -1.88. The van der Waals surface area contributed by atoms with Gasteiger partial charge >= 0.3 is 0 Å². The summed E-state index contributed by atoms with van der Waals surface area (Å²) in [7, 11) is 0. The van der Waals surface area contributed by atoms with E-state index in [2.05, 4.69) is 0 Å². The van der Waals surface area contributed by atoms with Crippen LogP contribution in [0.2, 0.25) is 0 Å². The molecule has 0 aliphatic heterocycles. The van der Waals surface area contributed by atoms with E-state index in [0.717, 1.165) is 0 Å². The molecule has 0 spiro atoms. The fraction of sp³-hybridized carbons (Fsp3) is 0.0714. The maximum absolute atomic E-state index is 13.4. The molecule has 2 aromatic carbocycles. The van der Waals surface area contributed by atoms with Crippen molar-refractivity contribution in [3.8, 4) is 17.2 Å². The third-order valence-corrected chi connectivity index (χ3v) is 2.59. The van der Waals surface area contributed by atoms with Crippen LogP contribution in [0.4, 0.5) is 8.78 Å². The molecule has 0 heterocycles. The lowest BCUT2D eigenvalue weighted by Gasteiger charge is -2.04. The van der Waals surface area contributed by atoms with Crippen molar-refractivity contribution >= 4 is 0 Å². The highest BCUT2D eigenvalue weighted by Crippen LogP contribution is 2.23. The predicted molar refractivity (Wildman–Crippen MR) is 61.2 cm³/mol. The minimum absolute atomic E-state index is 0.0127. The Morgan fingerprint density at radius 3 is 2.06 bits per heavy atom. The Morgan fingerprint density at radius 2 is 1.53 bits per heavy atom. The minimum Gasteiger partial charge on any atom is -0.207 e. The maximum atomic E-state index is 13.4. The van der Waals surface area contributed by atoms with Crippen molar-refractivity contribution in [1.29, 1.82) is 5.26 Å². The van der Waals surface area contributed by atoms with Crippen LogP contribution in [0.15, 0.2) is 36.4 Å². The number of nitriles is 1. The molecule has 0 unspecified atom stereocenters. The van der Waals surface area contributed by atoms with Gasteiger partial charge in [-0.3, -0.25) is 0 Å². The topological polar surface area (TPSA) is 23.8 Å². The molecule has 1 nitrogen and oxygen atoms in total. The van der Waals surface area contributed by atoms with E-state index in [4.69, 9.17) is 5.26 Å². The normalized spacial score (nSPS) is 10.0. The quantitative estimate of drug-likeness (QED) is 0.729. The van der Waals surface area contributed by atoms with Crippen LogP contribution in [0, 0.1) is 29.9 Å². The van der Waals surface area contributed by atoms with Gasteiger partial charge in [0.25, 0.3) is 0 Å². The van der Waals surface area contributed by atoms with E-state index in [1.807, 2.05) is 0 Å². The summed E-state index contributed by atoms with van der Waals surface area (Å²) in [5, 5.41) is 8.61. The molecule has 0 radical (unpaired) electrons. The molecule has 0 saturated heterocycles. The molecule has 0 aliphatic carbocycles. The Hall–Kier alpha value is -2.21. The molecule has 2 aromatic rings. The summed E-state index contributed by atoms with van der Waals surface area (Å²) in [4.78, 5) is 0. The summed E-state index contributed by atoms with van der Waals surface area (Å²) >= 11 is 0. The summed E-state index contributed by atoms with van der Waals surface area (Å²) in [6, 6.07) is 10.7. The van der Waals surface area contributed by atoms with Crippen LogP contribution >= 0.6 is 0 Å². The Morgan fingerprint density at radius 1 is 0.941 bits per heavy atom. The molecule has 0 aliphatic rings. The highest BCUT2D eigenvalue weighted by Gasteiger charge is 2.06. The van der Waals surface area contributed by atoms with E-state index < -0.39 is 5.82 Å². The van der Waals surface area contributed by atoms with Crippen LogP contribution in [0.3, 0.4) is 0 Å². The molecule has 17 heavy (non-hydrogen) atoms. The van der Waals surface area contributed by atoms with E-state index in [1.165, 1.54) is 18.2 Å². The maximum Gasteiger partial charge on any atom is 0.141 e. The van der Waals surface area contributed by atoms with Crippen molar-refractivity contribution in [3.05, 3.63) is 59.2 Å². The Kier molecular flexibility index (Phi) is 2.88. The number of nitrogens with zero attached hydrogens (tertiary/aromatic N) is 1. The summed E-state index contributed by atoms with van der Waals surface area (Å²) in [5.74, 6) is -0.918. The van der Waals surface area contributed by atoms with Crippen molar-refractivity contribution in [3.63, 3.8) is 0 Å². The molecule has 2 rings (SSSR count). The summed E-state index contributed by atoms with van der Waals surface area (Å²) in [6.45, 7) is 1.67. The summed E-state index contributed by atoms with van der Waals surface area (Å²) < 4.78 is 26.8. The van der Waals surface area contributed by atoms with E-state index >= 15 is 0 Å². The van der Waals surface area contributed by atoms with Crippen LogP contribution in [0.1, 0.15) is 11.1 Å². The monoisotopic (exact) mass is 229 g/mol. The average Bonchev–Trinajstić information content (AvgIpc) is 2.32. The molecule has 0 saturated carbocycles. The fourth-order valence-corrected chi connectivity index (χ4v) is 1.56. The van der Waals surface area contributed by atoms with Crippen LogP contribution in [0.25, 0.3) is 11.1 Å². The molecular formula is C14H9F2N. The predicted octanol–water partition coefficient (Wildman–Crippen LogP) is 3.81. The van der Waals surface area contributed by atoms with Gasteiger partial charge in [0, 0.05) is 0 Å². The van der Waals surface area contributed by atoms with Gasteiger partial charge < -0.3 is 0 Å². The van der Waals surface area contributed by atoms with Crippen LogP contribution < -0.4 is 0 Å². The zero-order valence-electron chi connectivity index (χ0n) is 9.17. The Labute approximate surface area is 97.9 Å².